The van der Waals surface area contributed by atoms with Crippen molar-refractivity contribution in [1.82, 2.24) is 14.7 Å². The second kappa shape index (κ2) is 10.3. The Morgan fingerprint density at radius 3 is 2.14 bits per heavy atom. The van der Waals surface area contributed by atoms with Crippen molar-refractivity contribution in [2.45, 2.75) is 39.2 Å². The lowest BCUT2D eigenvalue weighted by molar-refractivity contribution is -0.126. The van der Waals surface area contributed by atoms with Gasteiger partial charge < -0.3 is 15.5 Å². The average molecular weight is 486 g/mol. The molecule has 0 radical (unpaired) electrons. The van der Waals surface area contributed by atoms with E-state index in [4.69, 9.17) is 5.73 Å². The Kier molecular flexibility index (Phi) is 6.92. The van der Waals surface area contributed by atoms with Crippen molar-refractivity contribution < 1.29 is 9.59 Å². The molecule has 2 aromatic carbocycles. The molecule has 2 N–H and O–H groups in total. The van der Waals surface area contributed by atoms with Gasteiger partial charge in [-0.2, -0.15) is 0 Å². The molecule has 0 saturated carbocycles. The first kappa shape index (κ1) is 24.3. The molecule has 3 aliphatic heterocycles. The van der Waals surface area contributed by atoms with E-state index in [1.165, 1.54) is 0 Å². The molecule has 3 aliphatic rings. The molecule has 36 heavy (non-hydrogen) atoms. The molecular formula is C29H35N5O2. The molecule has 0 atom stereocenters. The minimum atomic E-state index is 0.0634. The Labute approximate surface area is 213 Å². The number of benzene rings is 2. The molecule has 0 spiro atoms. The smallest absolute Gasteiger partial charge is 0.253 e. The number of fused-ring (bicyclic) bond motifs is 1. The monoisotopic (exact) mass is 485 g/mol. The fourth-order valence-corrected chi connectivity index (χ4v) is 5.26. The number of rotatable bonds is 4. The van der Waals surface area contributed by atoms with Gasteiger partial charge in [-0.05, 0) is 62.1 Å². The number of nitrogens with two attached hydrogens (primary N) is 1. The van der Waals surface area contributed by atoms with Crippen LogP contribution in [-0.2, 0) is 4.79 Å². The normalized spacial score (nSPS) is 18.5. The molecule has 5 rings (SSSR count). The molecule has 7 nitrogen and oxygen atoms in total. The first-order valence-electron chi connectivity index (χ1n) is 13.0. The predicted octanol–water partition coefficient (Wildman–Crippen LogP) is 3.92. The summed E-state index contributed by atoms with van der Waals surface area (Å²) in [6.45, 7) is 9.37. The molecule has 2 aromatic rings. The van der Waals surface area contributed by atoms with Crippen LogP contribution in [0.3, 0.4) is 0 Å². The lowest BCUT2D eigenvalue weighted by atomic mass is 9.99. The van der Waals surface area contributed by atoms with Gasteiger partial charge in [0.1, 0.15) is 5.84 Å². The Morgan fingerprint density at radius 2 is 1.47 bits per heavy atom. The summed E-state index contributed by atoms with van der Waals surface area (Å²) in [6, 6.07) is 14.3. The summed E-state index contributed by atoms with van der Waals surface area (Å²) in [5.74, 6) is 0.598. The lowest BCUT2D eigenvalue weighted by Gasteiger charge is -2.37. The highest BCUT2D eigenvalue weighted by molar-refractivity contribution is 6.05. The van der Waals surface area contributed by atoms with Crippen molar-refractivity contribution in [3.05, 3.63) is 59.2 Å². The van der Waals surface area contributed by atoms with Crippen LogP contribution in [0.15, 0.2) is 53.0 Å². The largest absolute Gasteiger partial charge is 0.387 e. The quantitative estimate of drug-likeness (QED) is 0.712. The SMILES string of the molecule is CC(C)N1CCN(C(=O)c2ccc(-c3ccc4c(c3)N=C(N)CC(C(=O)N3CCCC3)=C4)cc2)CC1. The number of likely N-dealkylation sites (tertiary alicyclic amines) is 1. The number of amidine groups is 1. The van der Waals surface area contributed by atoms with E-state index in [0.717, 1.165) is 74.5 Å². The van der Waals surface area contributed by atoms with Crippen molar-refractivity contribution in [3.63, 3.8) is 0 Å². The Hall–Kier alpha value is -3.45. The summed E-state index contributed by atoms with van der Waals surface area (Å²) in [5.41, 5.74) is 11.3. The summed E-state index contributed by atoms with van der Waals surface area (Å²) in [4.78, 5) is 36.8. The second-order valence-corrected chi connectivity index (χ2v) is 10.2. The first-order valence-corrected chi connectivity index (χ1v) is 13.0. The van der Waals surface area contributed by atoms with Crippen LogP contribution in [0.25, 0.3) is 17.2 Å². The predicted molar refractivity (Wildman–Crippen MR) is 144 cm³/mol. The minimum absolute atomic E-state index is 0.0634. The van der Waals surface area contributed by atoms with Crippen LogP contribution >= 0.6 is 0 Å². The van der Waals surface area contributed by atoms with Crippen molar-refractivity contribution in [2.75, 3.05) is 39.3 Å². The van der Waals surface area contributed by atoms with Crippen molar-refractivity contribution in [2.24, 2.45) is 10.7 Å². The van der Waals surface area contributed by atoms with Crippen LogP contribution in [0.4, 0.5) is 5.69 Å². The van der Waals surface area contributed by atoms with E-state index in [9.17, 15) is 9.59 Å². The summed E-state index contributed by atoms with van der Waals surface area (Å²) in [5, 5.41) is 0. The Balaban J connectivity index is 1.32. The maximum absolute atomic E-state index is 13.0. The van der Waals surface area contributed by atoms with Crippen LogP contribution in [0.5, 0.6) is 0 Å². The van der Waals surface area contributed by atoms with E-state index in [-0.39, 0.29) is 11.8 Å². The molecule has 2 amide bonds. The highest BCUT2D eigenvalue weighted by Gasteiger charge is 2.25. The van der Waals surface area contributed by atoms with E-state index in [1.54, 1.807) is 0 Å². The van der Waals surface area contributed by atoms with Gasteiger partial charge in [-0.3, -0.25) is 14.5 Å². The molecular weight excluding hydrogens is 450 g/mol. The van der Waals surface area contributed by atoms with Gasteiger partial charge in [0.2, 0.25) is 5.91 Å². The average Bonchev–Trinajstić information content (AvgIpc) is 3.38. The summed E-state index contributed by atoms with van der Waals surface area (Å²) >= 11 is 0. The van der Waals surface area contributed by atoms with Gasteiger partial charge in [0.25, 0.3) is 5.91 Å². The zero-order chi connectivity index (χ0) is 25.2. The second-order valence-electron chi connectivity index (χ2n) is 10.2. The van der Waals surface area contributed by atoms with Gasteiger partial charge in [0.15, 0.2) is 0 Å². The van der Waals surface area contributed by atoms with Crippen molar-refractivity contribution in [1.29, 1.82) is 0 Å². The van der Waals surface area contributed by atoms with Crippen molar-refractivity contribution >= 4 is 29.4 Å². The molecule has 0 bridgehead atoms. The van der Waals surface area contributed by atoms with E-state index < -0.39 is 0 Å². The van der Waals surface area contributed by atoms with E-state index in [2.05, 4.69) is 23.7 Å². The van der Waals surface area contributed by atoms with Gasteiger partial charge in [0, 0.05) is 68.4 Å². The number of carbonyl (C=O) groups excluding carboxylic acids is 2. The van der Waals surface area contributed by atoms with E-state index in [0.29, 0.717) is 29.4 Å². The van der Waals surface area contributed by atoms with Gasteiger partial charge >= 0.3 is 0 Å². The van der Waals surface area contributed by atoms with Crippen molar-refractivity contribution in [3.8, 4) is 11.1 Å². The third kappa shape index (κ3) is 5.07. The van der Waals surface area contributed by atoms with Crippen LogP contribution in [0, 0.1) is 0 Å². The molecule has 2 fully saturated rings. The lowest BCUT2D eigenvalue weighted by Crippen LogP contribution is -2.50. The molecule has 0 aliphatic carbocycles. The summed E-state index contributed by atoms with van der Waals surface area (Å²) in [6.07, 6.45) is 4.41. The third-order valence-corrected chi connectivity index (χ3v) is 7.46. The van der Waals surface area contributed by atoms with Crippen LogP contribution in [-0.4, -0.2) is 77.7 Å². The van der Waals surface area contributed by atoms with Gasteiger partial charge in [0.05, 0.1) is 5.69 Å². The van der Waals surface area contributed by atoms with Crippen LogP contribution in [0.2, 0.25) is 0 Å². The Morgan fingerprint density at radius 1 is 0.833 bits per heavy atom. The molecule has 0 aromatic heterocycles. The molecule has 0 unspecified atom stereocenters. The number of amides is 2. The standard InChI is InChI=1S/C29H35N5O2/c1-20(2)32-13-15-34(16-14-32)28(35)22-7-5-21(6-8-22)23-9-10-24-17-25(19-27(30)31-26(24)18-23)29(36)33-11-3-4-12-33/h5-10,17-18,20H,3-4,11-16,19H2,1-2H3,(H2,30,31). The Bertz CT molecular complexity index is 1200. The fourth-order valence-electron chi connectivity index (χ4n) is 5.26. The van der Waals surface area contributed by atoms with E-state index in [1.807, 2.05) is 58.3 Å². The maximum atomic E-state index is 13.0. The van der Waals surface area contributed by atoms with Crippen LogP contribution < -0.4 is 5.73 Å². The third-order valence-electron chi connectivity index (χ3n) is 7.46. The zero-order valence-corrected chi connectivity index (χ0v) is 21.2. The van der Waals surface area contributed by atoms with Gasteiger partial charge in [-0.1, -0.05) is 24.3 Å². The number of hydrogen-bond acceptors (Lipinski definition) is 5. The molecule has 2 saturated heterocycles. The highest BCUT2D eigenvalue weighted by Crippen LogP contribution is 2.32. The topological polar surface area (TPSA) is 82.2 Å². The minimum Gasteiger partial charge on any atom is -0.387 e. The molecule has 7 heteroatoms. The number of carbonyl (C=O) groups is 2. The first-order chi connectivity index (χ1) is 17.4. The van der Waals surface area contributed by atoms with Gasteiger partial charge in [-0.15, -0.1) is 0 Å². The number of aliphatic imine (C=N–C) groups is 1. The van der Waals surface area contributed by atoms with Gasteiger partial charge in [-0.25, -0.2) is 4.99 Å². The number of nitrogens with zero attached hydrogens (tertiary/aromatic N) is 4. The van der Waals surface area contributed by atoms with E-state index >= 15 is 0 Å². The molecule has 3 heterocycles. The zero-order valence-electron chi connectivity index (χ0n) is 21.2. The number of hydrogen-bond donors (Lipinski definition) is 1. The fraction of sp³-hybridized carbons (Fsp3) is 0.414. The molecule has 188 valence electrons. The van der Waals surface area contributed by atoms with Crippen LogP contribution in [0.1, 0.15) is 49.0 Å². The summed E-state index contributed by atoms with van der Waals surface area (Å²) in [7, 11) is 0. The number of piperazine rings is 1. The highest BCUT2D eigenvalue weighted by atomic mass is 16.2. The maximum Gasteiger partial charge on any atom is 0.253 e. The summed E-state index contributed by atoms with van der Waals surface area (Å²) < 4.78 is 0.